The average Bonchev–Trinajstić information content (AvgIpc) is 2.71. The molecule has 29 heavy (non-hydrogen) atoms. The van der Waals surface area contributed by atoms with E-state index in [4.69, 9.17) is 4.74 Å². The molecule has 0 amide bonds. The Bertz CT molecular complexity index is 939. The van der Waals surface area contributed by atoms with Crippen molar-refractivity contribution in [3.63, 3.8) is 0 Å². The number of anilines is 1. The zero-order valence-corrected chi connectivity index (χ0v) is 18.0. The SMILES string of the molecule is CC[C@@H](C)[C@H](C(=O)OCC(=O)c1ccc(N(C)S(C)(=O)=O)cc1)c1ccccc1. The van der Waals surface area contributed by atoms with Gasteiger partial charge in [-0.3, -0.25) is 13.9 Å². The van der Waals surface area contributed by atoms with Gasteiger partial charge in [-0.1, -0.05) is 50.6 Å². The molecule has 0 aliphatic carbocycles. The monoisotopic (exact) mass is 417 g/mol. The Hall–Kier alpha value is -2.67. The van der Waals surface area contributed by atoms with Gasteiger partial charge in [0.2, 0.25) is 10.0 Å². The van der Waals surface area contributed by atoms with E-state index < -0.39 is 21.9 Å². The predicted octanol–water partition coefficient (Wildman–Crippen LogP) is 3.64. The first-order valence-electron chi connectivity index (χ1n) is 9.44. The molecule has 0 bridgehead atoms. The molecule has 0 heterocycles. The third-order valence-electron chi connectivity index (χ3n) is 5.02. The van der Waals surface area contributed by atoms with Gasteiger partial charge in [0.15, 0.2) is 12.4 Å². The van der Waals surface area contributed by atoms with E-state index in [9.17, 15) is 18.0 Å². The number of sulfonamides is 1. The number of Topliss-reactive ketones (excluding diaryl/α,β-unsaturated/α-hetero) is 1. The van der Waals surface area contributed by atoms with Crippen LogP contribution in [0, 0.1) is 5.92 Å². The first kappa shape index (κ1) is 22.6. The molecule has 156 valence electrons. The maximum Gasteiger partial charge on any atom is 0.314 e. The molecule has 7 heteroatoms. The number of carbonyl (C=O) groups is 2. The minimum atomic E-state index is -3.38. The van der Waals surface area contributed by atoms with E-state index in [2.05, 4.69) is 0 Å². The predicted molar refractivity (Wildman–Crippen MR) is 114 cm³/mol. The third-order valence-corrected chi connectivity index (χ3v) is 6.23. The molecule has 2 atom stereocenters. The molecule has 0 spiro atoms. The molecule has 0 radical (unpaired) electrons. The Morgan fingerprint density at radius 3 is 2.14 bits per heavy atom. The summed E-state index contributed by atoms with van der Waals surface area (Å²) in [7, 11) is -1.94. The van der Waals surface area contributed by atoms with Crippen LogP contribution in [0.3, 0.4) is 0 Å². The smallest absolute Gasteiger partial charge is 0.314 e. The van der Waals surface area contributed by atoms with Crippen LogP contribution in [0.5, 0.6) is 0 Å². The van der Waals surface area contributed by atoms with Gasteiger partial charge >= 0.3 is 5.97 Å². The van der Waals surface area contributed by atoms with Gasteiger partial charge in [0, 0.05) is 12.6 Å². The second-order valence-electron chi connectivity index (χ2n) is 7.08. The van der Waals surface area contributed by atoms with E-state index in [1.807, 2.05) is 44.2 Å². The summed E-state index contributed by atoms with van der Waals surface area (Å²) < 4.78 is 29.6. The molecule has 0 aromatic heterocycles. The first-order chi connectivity index (χ1) is 13.6. The van der Waals surface area contributed by atoms with E-state index in [0.717, 1.165) is 22.5 Å². The van der Waals surface area contributed by atoms with Crippen molar-refractivity contribution in [1.29, 1.82) is 0 Å². The highest BCUT2D eigenvalue weighted by Crippen LogP contribution is 2.28. The Balaban J connectivity index is 2.06. The molecular formula is C22H27NO5S. The van der Waals surface area contributed by atoms with Crippen LogP contribution >= 0.6 is 0 Å². The normalized spacial score (nSPS) is 13.4. The summed E-state index contributed by atoms with van der Waals surface area (Å²) in [6.07, 6.45) is 1.91. The molecule has 0 N–H and O–H groups in total. The summed E-state index contributed by atoms with van der Waals surface area (Å²) in [5.41, 5.74) is 1.66. The van der Waals surface area contributed by atoms with Gasteiger partial charge in [0.05, 0.1) is 17.9 Å². The van der Waals surface area contributed by atoms with Gasteiger partial charge in [0.1, 0.15) is 0 Å². The first-order valence-corrected chi connectivity index (χ1v) is 11.3. The third kappa shape index (κ3) is 5.90. The van der Waals surface area contributed by atoms with Crippen molar-refractivity contribution in [3.05, 3.63) is 65.7 Å². The minimum Gasteiger partial charge on any atom is -0.457 e. The van der Waals surface area contributed by atoms with E-state index in [1.54, 1.807) is 12.1 Å². The zero-order valence-electron chi connectivity index (χ0n) is 17.2. The molecular weight excluding hydrogens is 390 g/mol. The molecule has 0 fully saturated rings. The minimum absolute atomic E-state index is 0.0748. The molecule has 6 nitrogen and oxygen atoms in total. The number of hydrogen-bond acceptors (Lipinski definition) is 5. The van der Waals surface area contributed by atoms with Gasteiger partial charge in [-0.15, -0.1) is 0 Å². The number of hydrogen-bond donors (Lipinski definition) is 0. The van der Waals surface area contributed by atoms with Crippen molar-refractivity contribution in [2.24, 2.45) is 5.92 Å². The van der Waals surface area contributed by atoms with Crippen LogP contribution in [0.2, 0.25) is 0 Å². The molecule has 2 rings (SSSR count). The fraction of sp³-hybridized carbons (Fsp3) is 0.364. The maximum atomic E-state index is 12.7. The maximum absolute atomic E-state index is 12.7. The lowest BCUT2D eigenvalue weighted by Crippen LogP contribution is -2.25. The van der Waals surface area contributed by atoms with E-state index >= 15 is 0 Å². The van der Waals surface area contributed by atoms with Crippen LogP contribution in [0.1, 0.15) is 42.1 Å². The second kappa shape index (κ2) is 9.69. The summed E-state index contributed by atoms with van der Waals surface area (Å²) in [5, 5.41) is 0. The number of esters is 1. The highest BCUT2D eigenvalue weighted by molar-refractivity contribution is 7.92. The standard InChI is InChI=1S/C22H27NO5S/c1-5-16(2)21(18-9-7-6-8-10-18)22(25)28-15-20(24)17-11-13-19(14-12-17)23(3)29(4,26)27/h6-14,16,21H,5,15H2,1-4H3/t16-,21+/m1/s1. The topological polar surface area (TPSA) is 80.8 Å². The van der Waals surface area contributed by atoms with E-state index in [1.165, 1.54) is 19.2 Å². The van der Waals surface area contributed by atoms with Crippen molar-refractivity contribution in [2.45, 2.75) is 26.2 Å². The Morgan fingerprint density at radius 2 is 1.62 bits per heavy atom. The molecule has 0 saturated heterocycles. The fourth-order valence-electron chi connectivity index (χ4n) is 2.95. The van der Waals surface area contributed by atoms with Crippen LogP contribution in [0.4, 0.5) is 5.69 Å². The number of benzene rings is 2. The number of carbonyl (C=O) groups excluding carboxylic acids is 2. The molecule has 2 aromatic rings. The summed E-state index contributed by atoms with van der Waals surface area (Å²) >= 11 is 0. The lowest BCUT2D eigenvalue weighted by atomic mass is 9.85. The van der Waals surface area contributed by atoms with Gasteiger partial charge < -0.3 is 4.74 Å². The number of rotatable bonds is 9. The van der Waals surface area contributed by atoms with Gasteiger partial charge in [-0.05, 0) is 35.7 Å². The van der Waals surface area contributed by atoms with Crippen LogP contribution in [0.15, 0.2) is 54.6 Å². The lowest BCUT2D eigenvalue weighted by Gasteiger charge is -2.21. The molecule has 2 aromatic carbocycles. The van der Waals surface area contributed by atoms with Crippen molar-refractivity contribution in [1.82, 2.24) is 0 Å². The number of nitrogens with zero attached hydrogens (tertiary/aromatic N) is 1. The summed E-state index contributed by atoms with van der Waals surface area (Å²) in [4.78, 5) is 25.1. The summed E-state index contributed by atoms with van der Waals surface area (Å²) in [5.74, 6) is -1.12. The van der Waals surface area contributed by atoms with Gasteiger partial charge in [0.25, 0.3) is 0 Å². The molecule has 0 aliphatic rings. The lowest BCUT2D eigenvalue weighted by molar-refractivity contribution is -0.145. The Labute approximate surface area is 172 Å². The number of ketones is 1. The zero-order chi connectivity index (χ0) is 21.6. The van der Waals surface area contributed by atoms with Gasteiger partial charge in [-0.2, -0.15) is 0 Å². The van der Waals surface area contributed by atoms with E-state index in [0.29, 0.717) is 11.3 Å². The number of ether oxygens (including phenoxy) is 1. The largest absolute Gasteiger partial charge is 0.457 e. The summed E-state index contributed by atoms with van der Waals surface area (Å²) in [6, 6.07) is 15.5. The molecule has 0 saturated carbocycles. The molecule has 0 unspecified atom stereocenters. The Morgan fingerprint density at radius 1 is 1.03 bits per heavy atom. The highest BCUT2D eigenvalue weighted by Gasteiger charge is 2.28. The van der Waals surface area contributed by atoms with Crippen LogP contribution in [-0.2, 0) is 19.6 Å². The Kier molecular flexibility index (Phi) is 7.56. The summed E-state index contributed by atoms with van der Waals surface area (Å²) in [6.45, 7) is 3.63. The van der Waals surface area contributed by atoms with Crippen LogP contribution in [-0.4, -0.2) is 40.1 Å². The van der Waals surface area contributed by atoms with Crippen molar-refractivity contribution >= 4 is 27.5 Å². The molecule has 0 aliphatic heterocycles. The fourth-order valence-corrected chi connectivity index (χ4v) is 3.46. The average molecular weight is 418 g/mol. The quantitative estimate of drug-likeness (QED) is 0.460. The van der Waals surface area contributed by atoms with Gasteiger partial charge in [-0.25, -0.2) is 8.42 Å². The van der Waals surface area contributed by atoms with Crippen LogP contribution < -0.4 is 4.31 Å². The second-order valence-corrected chi connectivity index (χ2v) is 9.10. The van der Waals surface area contributed by atoms with Crippen molar-refractivity contribution in [2.75, 3.05) is 24.2 Å². The van der Waals surface area contributed by atoms with E-state index in [-0.39, 0.29) is 18.3 Å². The van der Waals surface area contributed by atoms with Crippen molar-refractivity contribution in [3.8, 4) is 0 Å². The highest BCUT2D eigenvalue weighted by atomic mass is 32.2. The van der Waals surface area contributed by atoms with Crippen LogP contribution in [0.25, 0.3) is 0 Å². The van der Waals surface area contributed by atoms with Crippen molar-refractivity contribution < 1.29 is 22.7 Å².